The van der Waals surface area contributed by atoms with Gasteiger partial charge in [0.2, 0.25) is 0 Å². The third-order valence-electron chi connectivity index (χ3n) is 3.31. The summed E-state index contributed by atoms with van der Waals surface area (Å²) in [7, 11) is 0. The first-order chi connectivity index (χ1) is 10.4. The first-order valence-electron chi connectivity index (χ1n) is 6.36. The summed E-state index contributed by atoms with van der Waals surface area (Å²) in [5, 5.41) is 18.8. The molecule has 0 aromatic heterocycles. The lowest BCUT2D eigenvalue weighted by Gasteiger charge is -2.16. The maximum atomic E-state index is 11.3. The van der Waals surface area contributed by atoms with Crippen LogP contribution in [0.5, 0.6) is 0 Å². The number of carboxylic acid groups (broad SMARTS) is 2. The molecular weight excluding hydrogens is 327 g/mol. The van der Waals surface area contributed by atoms with Crippen molar-refractivity contribution in [2.24, 2.45) is 0 Å². The van der Waals surface area contributed by atoms with Gasteiger partial charge in [-0.25, -0.2) is 9.59 Å². The molecule has 1 unspecified atom stereocenters. The Hall–Kier alpha value is -2.04. The fraction of sp³-hybridized carbons (Fsp3) is 0.125. The molecule has 0 spiro atoms. The largest absolute Gasteiger partial charge is 0.478 e. The Morgan fingerprint density at radius 3 is 2.14 bits per heavy atom. The Bertz CT molecular complexity index is 728. The van der Waals surface area contributed by atoms with Crippen LogP contribution in [0.4, 0.5) is 0 Å². The van der Waals surface area contributed by atoms with Crippen LogP contribution in [0.1, 0.15) is 37.8 Å². The number of rotatable bonds is 5. The van der Waals surface area contributed by atoms with Crippen LogP contribution in [-0.2, 0) is 0 Å². The fourth-order valence-corrected chi connectivity index (χ4v) is 2.79. The van der Waals surface area contributed by atoms with Crippen molar-refractivity contribution in [1.29, 1.82) is 0 Å². The molecule has 2 aromatic carbocycles. The lowest BCUT2D eigenvalue weighted by molar-refractivity contribution is 0.0651. The summed E-state index contributed by atoms with van der Waals surface area (Å²) in [5.74, 6) is -2.64. The number of aromatic carboxylic acids is 2. The van der Waals surface area contributed by atoms with Gasteiger partial charge >= 0.3 is 11.9 Å². The van der Waals surface area contributed by atoms with Gasteiger partial charge in [0.25, 0.3) is 0 Å². The number of halogens is 2. The molecule has 0 bridgehead atoms. The van der Waals surface area contributed by atoms with Gasteiger partial charge in [-0.3, -0.25) is 0 Å². The molecule has 0 heterocycles. The van der Waals surface area contributed by atoms with Gasteiger partial charge in [-0.1, -0.05) is 29.8 Å². The highest BCUT2D eigenvalue weighted by Gasteiger charge is 2.20. The van der Waals surface area contributed by atoms with E-state index in [2.05, 4.69) is 0 Å². The second-order valence-electron chi connectivity index (χ2n) is 4.68. The van der Waals surface area contributed by atoms with E-state index in [9.17, 15) is 14.7 Å². The lowest BCUT2D eigenvalue weighted by atomic mass is 9.90. The number of hydrogen-bond acceptors (Lipinski definition) is 2. The average molecular weight is 339 g/mol. The van der Waals surface area contributed by atoms with Crippen LogP contribution in [0.15, 0.2) is 42.5 Å². The zero-order chi connectivity index (χ0) is 16.3. The molecule has 0 saturated heterocycles. The van der Waals surface area contributed by atoms with Crippen molar-refractivity contribution in [2.45, 2.75) is 5.92 Å². The number of alkyl halides is 1. The number of carbonyl (C=O) groups is 2. The van der Waals surface area contributed by atoms with Crippen molar-refractivity contribution in [2.75, 3.05) is 5.88 Å². The molecule has 0 fully saturated rings. The summed E-state index contributed by atoms with van der Waals surface area (Å²) < 4.78 is 0. The molecule has 2 rings (SSSR count). The van der Waals surface area contributed by atoms with Crippen molar-refractivity contribution < 1.29 is 19.8 Å². The van der Waals surface area contributed by atoms with Gasteiger partial charge in [0.1, 0.15) is 0 Å². The molecule has 0 radical (unpaired) electrons. The molecule has 22 heavy (non-hydrogen) atoms. The smallest absolute Gasteiger partial charge is 0.336 e. The SMILES string of the molecule is O=C(O)c1ccc(C(CCl)c2cccc(Cl)c2)cc1C(=O)O. The Labute approximate surface area is 136 Å². The van der Waals surface area contributed by atoms with Crippen LogP contribution >= 0.6 is 23.2 Å². The highest BCUT2D eigenvalue weighted by molar-refractivity contribution is 6.30. The quantitative estimate of drug-likeness (QED) is 0.804. The van der Waals surface area contributed by atoms with E-state index < -0.39 is 11.9 Å². The zero-order valence-corrected chi connectivity index (χ0v) is 12.8. The van der Waals surface area contributed by atoms with Crippen molar-refractivity contribution in [3.8, 4) is 0 Å². The highest BCUT2D eigenvalue weighted by atomic mass is 35.5. The fourth-order valence-electron chi connectivity index (χ4n) is 2.24. The first-order valence-corrected chi connectivity index (χ1v) is 7.27. The van der Waals surface area contributed by atoms with E-state index in [1.54, 1.807) is 24.3 Å². The Morgan fingerprint density at radius 1 is 0.955 bits per heavy atom. The molecule has 0 aliphatic heterocycles. The van der Waals surface area contributed by atoms with E-state index in [1.807, 2.05) is 6.07 Å². The van der Waals surface area contributed by atoms with Crippen molar-refractivity contribution in [3.63, 3.8) is 0 Å². The number of hydrogen-bond donors (Lipinski definition) is 2. The average Bonchev–Trinajstić information content (AvgIpc) is 2.47. The summed E-state index contributed by atoms with van der Waals surface area (Å²) in [5.41, 5.74) is 0.944. The normalized spacial score (nSPS) is 11.9. The third-order valence-corrected chi connectivity index (χ3v) is 3.86. The second kappa shape index (κ2) is 6.81. The Balaban J connectivity index is 2.52. The molecule has 6 heteroatoms. The third kappa shape index (κ3) is 3.40. The van der Waals surface area contributed by atoms with Gasteiger partial charge < -0.3 is 10.2 Å². The van der Waals surface area contributed by atoms with Gasteiger partial charge in [0.15, 0.2) is 0 Å². The monoisotopic (exact) mass is 338 g/mol. The molecule has 4 nitrogen and oxygen atoms in total. The summed E-state index contributed by atoms with van der Waals surface area (Å²) in [6.07, 6.45) is 0. The van der Waals surface area contributed by atoms with E-state index in [1.165, 1.54) is 12.1 Å². The van der Waals surface area contributed by atoms with Gasteiger partial charge in [0.05, 0.1) is 11.1 Å². The minimum absolute atomic E-state index is 0.214. The van der Waals surface area contributed by atoms with Gasteiger partial charge in [-0.2, -0.15) is 0 Å². The van der Waals surface area contributed by atoms with Crippen LogP contribution < -0.4 is 0 Å². The molecule has 0 aliphatic rings. The predicted octanol–water partition coefficient (Wildman–Crippen LogP) is 4.11. The maximum Gasteiger partial charge on any atom is 0.336 e. The summed E-state index contributed by atoms with van der Waals surface area (Å²) >= 11 is 12.0. The van der Waals surface area contributed by atoms with Gasteiger partial charge in [-0.15, -0.1) is 11.6 Å². The molecule has 114 valence electrons. The first kappa shape index (κ1) is 16.3. The molecule has 2 aromatic rings. The van der Waals surface area contributed by atoms with Crippen molar-refractivity contribution in [3.05, 3.63) is 69.7 Å². The molecule has 2 N–H and O–H groups in total. The van der Waals surface area contributed by atoms with E-state index >= 15 is 0 Å². The summed E-state index contributed by atoms with van der Waals surface area (Å²) in [6, 6.07) is 11.3. The van der Waals surface area contributed by atoms with Crippen LogP contribution in [0, 0.1) is 0 Å². The van der Waals surface area contributed by atoms with Crippen LogP contribution in [0.25, 0.3) is 0 Å². The predicted molar refractivity (Wildman–Crippen MR) is 84.4 cm³/mol. The number of carboxylic acids is 2. The number of benzene rings is 2. The molecule has 0 aliphatic carbocycles. The van der Waals surface area contributed by atoms with Crippen molar-refractivity contribution >= 4 is 35.1 Å². The molecule has 0 amide bonds. The zero-order valence-electron chi connectivity index (χ0n) is 11.3. The maximum absolute atomic E-state index is 11.3. The minimum Gasteiger partial charge on any atom is -0.478 e. The molecular formula is C16H12Cl2O4. The summed E-state index contributed by atoms with van der Waals surface area (Å²) in [6.45, 7) is 0. The molecule has 0 saturated carbocycles. The van der Waals surface area contributed by atoms with Crippen molar-refractivity contribution in [1.82, 2.24) is 0 Å². The molecule has 1 atom stereocenters. The van der Waals surface area contributed by atoms with E-state index in [0.29, 0.717) is 10.6 Å². The second-order valence-corrected chi connectivity index (χ2v) is 5.42. The Morgan fingerprint density at radius 2 is 1.59 bits per heavy atom. The van der Waals surface area contributed by atoms with Crippen LogP contribution in [0.3, 0.4) is 0 Å². The van der Waals surface area contributed by atoms with Gasteiger partial charge in [-0.05, 0) is 35.4 Å². The standard InChI is InChI=1S/C16H12Cl2O4/c17-8-14(9-2-1-3-11(18)6-9)10-4-5-12(15(19)20)13(7-10)16(21)22/h1-7,14H,8H2,(H,19,20)(H,21,22). The Kier molecular flexibility index (Phi) is 5.06. The van der Waals surface area contributed by atoms with Crippen LogP contribution in [-0.4, -0.2) is 28.0 Å². The highest BCUT2D eigenvalue weighted by Crippen LogP contribution is 2.29. The van der Waals surface area contributed by atoms with Gasteiger partial charge in [0, 0.05) is 16.8 Å². The topological polar surface area (TPSA) is 74.6 Å². The van der Waals surface area contributed by atoms with E-state index in [-0.39, 0.29) is 22.9 Å². The van der Waals surface area contributed by atoms with E-state index in [0.717, 1.165) is 5.56 Å². The lowest BCUT2D eigenvalue weighted by Crippen LogP contribution is -2.11. The van der Waals surface area contributed by atoms with E-state index in [4.69, 9.17) is 28.3 Å². The van der Waals surface area contributed by atoms with Crippen LogP contribution in [0.2, 0.25) is 5.02 Å². The minimum atomic E-state index is -1.29. The summed E-state index contributed by atoms with van der Waals surface area (Å²) in [4.78, 5) is 22.3.